The van der Waals surface area contributed by atoms with Crippen LogP contribution in [0.1, 0.15) is 25.0 Å². The quantitative estimate of drug-likeness (QED) is 0.665. The van der Waals surface area contributed by atoms with Crippen LogP contribution in [-0.4, -0.2) is 6.29 Å². The average molecular weight is 197 g/mol. The van der Waals surface area contributed by atoms with E-state index in [9.17, 15) is 4.79 Å². The first-order valence-electron chi connectivity index (χ1n) is 4.20. The Balaban J connectivity index is 3.28. The Bertz CT molecular complexity index is 329. The molecule has 0 spiro atoms. The largest absolute Gasteiger partial charge is 0.302 e. The van der Waals surface area contributed by atoms with Gasteiger partial charge in [-0.2, -0.15) is 0 Å². The maximum atomic E-state index is 10.8. The van der Waals surface area contributed by atoms with Crippen LogP contribution in [0, 0.1) is 6.92 Å². The van der Waals surface area contributed by atoms with Crippen LogP contribution in [0.5, 0.6) is 0 Å². The molecule has 2 heteroatoms. The fourth-order valence-electron chi connectivity index (χ4n) is 1.20. The van der Waals surface area contributed by atoms with E-state index in [-0.39, 0.29) is 0 Å². The molecule has 0 atom stereocenters. The number of carbonyl (C=O) groups is 1. The fourth-order valence-corrected chi connectivity index (χ4v) is 1.56. The maximum absolute atomic E-state index is 10.8. The molecule has 0 aliphatic rings. The zero-order chi connectivity index (χ0) is 10.1. The molecule has 1 aromatic carbocycles. The van der Waals surface area contributed by atoms with E-state index in [0.717, 1.165) is 17.4 Å². The van der Waals surface area contributed by atoms with Gasteiger partial charge in [-0.25, -0.2) is 0 Å². The summed E-state index contributed by atoms with van der Waals surface area (Å²) in [5.74, 6) is 0. The predicted molar refractivity (Wildman–Crippen MR) is 55.3 cm³/mol. The van der Waals surface area contributed by atoms with Gasteiger partial charge in [0.25, 0.3) is 0 Å². The first-order valence-corrected chi connectivity index (χ1v) is 4.58. The van der Waals surface area contributed by atoms with Crippen molar-refractivity contribution in [3.63, 3.8) is 0 Å². The van der Waals surface area contributed by atoms with Crippen molar-refractivity contribution in [2.45, 2.75) is 26.2 Å². The maximum Gasteiger partial charge on any atom is 0.130 e. The topological polar surface area (TPSA) is 17.1 Å². The van der Waals surface area contributed by atoms with Gasteiger partial charge in [0.1, 0.15) is 6.29 Å². The van der Waals surface area contributed by atoms with Crippen LogP contribution in [0.2, 0.25) is 5.02 Å². The third-order valence-corrected chi connectivity index (χ3v) is 2.44. The molecule has 0 bridgehead atoms. The molecule has 0 aromatic heterocycles. The Morgan fingerprint density at radius 2 is 2.00 bits per heavy atom. The summed E-state index contributed by atoms with van der Waals surface area (Å²) in [6.45, 7) is 5.71. The molecule has 0 aliphatic carbocycles. The average Bonchev–Trinajstić information content (AvgIpc) is 2.09. The Morgan fingerprint density at radius 1 is 1.38 bits per heavy atom. The summed E-state index contributed by atoms with van der Waals surface area (Å²) in [5.41, 5.74) is 1.52. The molecule has 70 valence electrons. The van der Waals surface area contributed by atoms with Crippen molar-refractivity contribution >= 4 is 17.9 Å². The van der Waals surface area contributed by atoms with Crippen molar-refractivity contribution in [3.05, 3.63) is 34.3 Å². The molecule has 0 saturated heterocycles. The van der Waals surface area contributed by atoms with Gasteiger partial charge in [-0.05, 0) is 32.4 Å². The van der Waals surface area contributed by atoms with Gasteiger partial charge in [0.15, 0.2) is 0 Å². The molecule has 0 heterocycles. The Hall–Kier alpha value is -0.820. The molecule has 0 fully saturated rings. The SMILES string of the molecule is Cc1ccc(Cl)c(C(C)(C)C=O)c1. The van der Waals surface area contributed by atoms with E-state index < -0.39 is 5.41 Å². The molecule has 1 rings (SSSR count). The highest BCUT2D eigenvalue weighted by molar-refractivity contribution is 6.31. The van der Waals surface area contributed by atoms with E-state index >= 15 is 0 Å². The summed E-state index contributed by atoms with van der Waals surface area (Å²) in [7, 11) is 0. The molecular formula is C11H13ClO. The molecule has 0 N–H and O–H groups in total. The third-order valence-electron chi connectivity index (χ3n) is 2.11. The number of hydrogen-bond acceptors (Lipinski definition) is 1. The summed E-state index contributed by atoms with van der Waals surface area (Å²) in [6, 6.07) is 5.72. The highest BCUT2D eigenvalue weighted by atomic mass is 35.5. The number of carbonyl (C=O) groups excluding carboxylic acids is 1. The van der Waals surface area contributed by atoms with Gasteiger partial charge < -0.3 is 4.79 Å². The molecule has 1 nitrogen and oxygen atoms in total. The van der Waals surface area contributed by atoms with E-state index in [1.165, 1.54) is 0 Å². The van der Waals surface area contributed by atoms with Crippen LogP contribution >= 0.6 is 11.6 Å². The van der Waals surface area contributed by atoms with Crippen LogP contribution in [0.15, 0.2) is 18.2 Å². The normalized spacial score (nSPS) is 11.4. The number of hydrogen-bond donors (Lipinski definition) is 0. The summed E-state index contributed by atoms with van der Waals surface area (Å²) in [5, 5.41) is 0.655. The minimum absolute atomic E-state index is 0.497. The van der Waals surface area contributed by atoms with Crippen molar-refractivity contribution in [3.8, 4) is 0 Å². The first-order chi connectivity index (χ1) is 5.97. The van der Waals surface area contributed by atoms with E-state index in [1.54, 1.807) is 0 Å². The van der Waals surface area contributed by atoms with Crippen molar-refractivity contribution < 1.29 is 4.79 Å². The highest BCUT2D eigenvalue weighted by Crippen LogP contribution is 2.28. The number of aryl methyl sites for hydroxylation is 1. The van der Waals surface area contributed by atoms with E-state index in [1.807, 2.05) is 39.0 Å². The molecule has 0 radical (unpaired) electrons. The number of halogens is 1. The molecule has 1 aromatic rings. The van der Waals surface area contributed by atoms with Crippen LogP contribution in [0.25, 0.3) is 0 Å². The van der Waals surface area contributed by atoms with Crippen molar-refractivity contribution in [2.75, 3.05) is 0 Å². The lowest BCUT2D eigenvalue weighted by Gasteiger charge is -2.19. The number of rotatable bonds is 2. The van der Waals surface area contributed by atoms with Gasteiger partial charge in [0.05, 0.1) is 0 Å². The van der Waals surface area contributed by atoms with Gasteiger partial charge >= 0.3 is 0 Å². The Kier molecular flexibility index (Phi) is 2.77. The van der Waals surface area contributed by atoms with E-state index in [4.69, 9.17) is 11.6 Å². The Morgan fingerprint density at radius 3 is 2.54 bits per heavy atom. The first kappa shape index (κ1) is 10.3. The number of aldehydes is 1. The molecule has 0 aliphatic heterocycles. The van der Waals surface area contributed by atoms with Crippen LogP contribution in [0.4, 0.5) is 0 Å². The second-order valence-corrected chi connectivity index (χ2v) is 4.23. The van der Waals surface area contributed by atoms with Crippen LogP contribution in [0.3, 0.4) is 0 Å². The van der Waals surface area contributed by atoms with Gasteiger partial charge in [-0.15, -0.1) is 0 Å². The Labute approximate surface area is 83.7 Å². The lowest BCUT2D eigenvalue weighted by atomic mass is 9.85. The monoisotopic (exact) mass is 196 g/mol. The second-order valence-electron chi connectivity index (χ2n) is 3.82. The van der Waals surface area contributed by atoms with Gasteiger partial charge in [0.2, 0.25) is 0 Å². The van der Waals surface area contributed by atoms with Gasteiger partial charge in [-0.3, -0.25) is 0 Å². The molecule has 13 heavy (non-hydrogen) atoms. The van der Waals surface area contributed by atoms with Crippen molar-refractivity contribution in [1.29, 1.82) is 0 Å². The van der Waals surface area contributed by atoms with Gasteiger partial charge in [0, 0.05) is 10.4 Å². The summed E-state index contributed by atoms with van der Waals surface area (Å²) < 4.78 is 0. The second kappa shape index (κ2) is 3.51. The van der Waals surface area contributed by atoms with Crippen LogP contribution in [-0.2, 0) is 10.2 Å². The molecule has 0 saturated carbocycles. The lowest BCUT2D eigenvalue weighted by Crippen LogP contribution is -2.19. The summed E-state index contributed by atoms with van der Waals surface area (Å²) >= 11 is 6.00. The van der Waals surface area contributed by atoms with Crippen LogP contribution < -0.4 is 0 Å². The lowest BCUT2D eigenvalue weighted by molar-refractivity contribution is -0.111. The molecule has 0 amide bonds. The van der Waals surface area contributed by atoms with E-state index in [0.29, 0.717) is 5.02 Å². The third kappa shape index (κ3) is 2.10. The standard InChI is InChI=1S/C11H13ClO/c1-8-4-5-10(12)9(6-8)11(2,3)7-13/h4-7H,1-3H3. The highest BCUT2D eigenvalue weighted by Gasteiger charge is 2.22. The number of benzene rings is 1. The fraction of sp³-hybridized carbons (Fsp3) is 0.364. The zero-order valence-electron chi connectivity index (χ0n) is 8.10. The smallest absolute Gasteiger partial charge is 0.130 e. The van der Waals surface area contributed by atoms with Crippen molar-refractivity contribution in [2.24, 2.45) is 0 Å². The van der Waals surface area contributed by atoms with E-state index in [2.05, 4.69) is 0 Å². The molecular weight excluding hydrogens is 184 g/mol. The van der Waals surface area contributed by atoms with Crippen molar-refractivity contribution in [1.82, 2.24) is 0 Å². The minimum Gasteiger partial charge on any atom is -0.302 e. The van der Waals surface area contributed by atoms with Gasteiger partial charge in [-0.1, -0.05) is 29.3 Å². The summed E-state index contributed by atoms with van der Waals surface area (Å²) in [4.78, 5) is 10.8. The minimum atomic E-state index is -0.497. The molecule has 0 unspecified atom stereocenters. The summed E-state index contributed by atoms with van der Waals surface area (Å²) in [6.07, 6.45) is 0.924. The zero-order valence-corrected chi connectivity index (χ0v) is 8.85. The predicted octanol–water partition coefficient (Wildman–Crippen LogP) is 3.12.